The van der Waals surface area contributed by atoms with Crippen molar-refractivity contribution in [2.45, 2.75) is 45.7 Å². The van der Waals surface area contributed by atoms with Crippen molar-refractivity contribution in [2.75, 3.05) is 7.05 Å². The summed E-state index contributed by atoms with van der Waals surface area (Å²) in [5.41, 5.74) is 0.896. The lowest BCUT2D eigenvalue weighted by atomic mass is 9.97. The predicted octanol–water partition coefficient (Wildman–Crippen LogP) is 3.78. The lowest BCUT2D eigenvalue weighted by Gasteiger charge is -2.27. The van der Waals surface area contributed by atoms with E-state index in [1.807, 2.05) is 4.90 Å². The summed E-state index contributed by atoms with van der Waals surface area (Å²) in [6, 6.07) is 4.04. The van der Waals surface area contributed by atoms with Gasteiger partial charge in [-0.05, 0) is 55.4 Å². The SMILES string of the molecule is CN1Cc2c(-c3nnn(C)n3)cc(F)c(OC(F)F)c2Cn2c(nc3c(F)cc(-c4cnc(C(C)(C)O)nc4)cc32)C1. The summed E-state index contributed by atoms with van der Waals surface area (Å²) in [4.78, 5) is 16.0. The zero-order valence-electron chi connectivity index (χ0n) is 23.0. The molecule has 0 amide bonds. The number of fused-ring (bicyclic) bond motifs is 4. The van der Waals surface area contributed by atoms with Gasteiger partial charge in [-0.25, -0.2) is 23.7 Å². The fourth-order valence-electron chi connectivity index (χ4n) is 5.09. The van der Waals surface area contributed by atoms with Crippen molar-refractivity contribution < 1.29 is 27.4 Å². The normalized spacial score (nSPS) is 14.1. The van der Waals surface area contributed by atoms with Crippen molar-refractivity contribution in [2.24, 2.45) is 7.05 Å². The van der Waals surface area contributed by atoms with Gasteiger partial charge >= 0.3 is 6.61 Å². The molecule has 0 fully saturated rings. The van der Waals surface area contributed by atoms with Crippen LogP contribution in [0.4, 0.5) is 17.6 Å². The fourth-order valence-corrected chi connectivity index (χ4v) is 5.09. The number of aliphatic hydroxyl groups is 1. The maximum Gasteiger partial charge on any atom is 0.387 e. The Labute approximate surface area is 236 Å². The molecule has 11 nitrogen and oxygen atoms in total. The number of aromatic nitrogens is 8. The van der Waals surface area contributed by atoms with Crippen LogP contribution in [0.15, 0.2) is 30.6 Å². The van der Waals surface area contributed by atoms with Gasteiger partial charge in [0.2, 0.25) is 5.82 Å². The fraction of sp³-hybridized carbons (Fsp3) is 0.333. The summed E-state index contributed by atoms with van der Waals surface area (Å²) in [6.45, 7) is 0.106. The predicted molar refractivity (Wildman–Crippen MR) is 141 cm³/mol. The van der Waals surface area contributed by atoms with Crippen LogP contribution in [0.2, 0.25) is 0 Å². The van der Waals surface area contributed by atoms with E-state index in [1.165, 1.54) is 23.3 Å². The maximum absolute atomic E-state index is 15.5. The first-order valence-corrected chi connectivity index (χ1v) is 12.8. The highest BCUT2D eigenvalue weighted by Crippen LogP contribution is 2.38. The maximum atomic E-state index is 15.5. The Morgan fingerprint density at radius 1 is 0.952 bits per heavy atom. The molecule has 218 valence electrons. The Morgan fingerprint density at radius 3 is 2.33 bits per heavy atom. The number of benzene rings is 2. The number of hydrogen-bond acceptors (Lipinski definition) is 9. The van der Waals surface area contributed by atoms with Crippen LogP contribution in [-0.2, 0) is 32.3 Å². The summed E-state index contributed by atoms with van der Waals surface area (Å²) >= 11 is 0. The van der Waals surface area contributed by atoms with Crippen LogP contribution in [0.25, 0.3) is 33.5 Å². The molecule has 0 bridgehead atoms. The summed E-state index contributed by atoms with van der Waals surface area (Å²) in [5, 5.41) is 22.2. The van der Waals surface area contributed by atoms with E-state index in [9.17, 15) is 13.9 Å². The zero-order valence-corrected chi connectivity index (χ0v) is 23.0. The Bertz CT molecular complexity index is 1810. The van der Waals surface area contributed by atoms with Crippen LogP contribution in [-0.4, -0.2) is 63.4 Å². The number of nitrogens with zero attached hydrogens (tertiary/aromatic N) is 9. The summed E-state index contributed by atoms with van der Waals surface area (Å²) in [5.74, 6) is -1.52. The molecular weight excluding hydrogens is 558 g/mol. The number of rotatable bonds is 5. The van der Waals surface area contributed by atoms with E-state index in [0.717, 1.165) is 6.07 Å². The Morgan fingerprint density at radius 2 is 1.69 bits per heavy atom. The first-order valence-electron chi connectivity index (χ1n) is 12.8. The average molecular weight is 584 g/mol. The van der Waals surface area contributed by atoms with Gasteiger partial charge in [0.05, 0.1) is 25.7 Å². The first-order chi connectivity index (χ1) is 19.9. The van der Waals surface area contributed by atoms with E-state index < -0.39 is 29.6 Å². The van der Waals surface area contributed by atoms with Crippen LogP contribution in [0, 0.1) is 11.6 Å². The molecule has 1 N–H and O–H groups in total. The van der Waals surface area contributed by atoms with Crippen LogP contribution in [0.1, 0.15) is 36.6 Å². The molecule has 0 unspecified atom stereocenters. The number of ether oxygens (including phenoxy) is 1. The molecule has 0 spiro atoms. The number of alkyl halides is 2. The van der Waals surface area contributed by atoms with Gasteiger partial charge in [-0.2, -0.15) is 13.6 Å². The van der Waals surface area contributed by atoms with Crippen molar-refractivity contribution >= 4 is 11.0 Å². The highest BCUT2D eigenvalue weighted by molar-refractivity contribution is 5.83. The average Bonchev–Trinajstić information content (AvgIpc) is 3.49. The topological polar surface area (TPSA) is 120 Å². The van der Waals surface area contributed by atoms with E-state index in [1.54, 1.807) is 38.6 Å². The van der Waals surface area contributed by atoms with E-state index in [2.05, 4.69) is 30.4 Å². The molecular formula is C27H25F4N9O2. The summed E-state index contributed by atoms with van der Waals surface area (Å²) in [7, 11) is 3.32. The number of imidazole rings is 1. The Hall–Kier alpha value is -4.50. The number of halogens is 4. The van der Waals surface area contributed by atoms with Gasteiger partial charge in [0.1, 0.15) is 16.9 Å². The van der Waals surface area contributed by atoms with Gasteiger partial charge < -0.3 is 14.4 Å². The Balaban J connectivity index is 1.55. The molecule has 15 heteroatoms. The number of tetrazole rings is 1. The molecule has 6 rings (SSSR count). The Kier molecular flexibility index (Phi) is 6.65. The minimum Gasteiger partial charge on any atom is -0.431 e. The molecule has 2 aromatic carbocycles. The van der Waals surface area contributed by atoms with Crippen LogP contribution in [0.3, 0.4) is 0 Å². The molecule has 1 aliphatic heterocycles. The molecule has 0 atom stereocenters. The standard InChI is InChI=1S/C27H25F4N9O2/c1-27(2,41)25-32-8-14(9-33-25)13-5-18(28)22-20(6-13)40-11-17-16(10-38(3)12-21(40)34-22)15(24-35-37-39(4)36-24)7-19(29)23(17)42-26(30)31/h5-9,26,41H,10-12H2,1-4H3. The molecule has 42 heavy (non-hydrogen) atoms. The first kappa shape index (κ1) is 27.7. The summed E-state index contributed by atoms with van der Waals surface area (Å²) in [6.07, 6.45) is 2.94. The lowest BCUT2D eigenvalue weighted by molar-refractivity contribution is -0.0529. The second kappa shape index (κ2) is 10.1. The van der Waals surface area contributed by atoms with E-state index in [0.29, 0.717) is 28.0 Å². The van der Waals surface area contributed by atoms with Gasteiger partial charge in [-0.15, -0.1) is 10.2 Å². The summed E-state index contributed by atoms with van der Waals surface area (Å²) < 4.78 is 64.3. The molecule has 3 aromatic heterocycles. The minimum atomic E-state index is -3.29. The molecule has 4 heterocycles. The second-order valence-corrected chi connectivity index (χ2v) is 10.6. The molecule has 0 saturated carbocycles. The molecule has 0 aliphatic carbocycles. The van der Waals surface area contributed by atoms with Crippen molar-refractivity contribution in [1.29, 1.82) is 0 Å². The number of aryl methyl sites for hydroxylation is 1. The van der Waals surface area contributed by atoms with Gasteiger partial charge in [0.25, 0.3) is 0 Å². The highest BCUT2D eigenvalue weighted by Gasteiger charge is 2.29. The third-order valence-electron chi connectivity index (χ3n) is 6.98. The van der Waals surface area contributed by atoms with E-state index in [4.69, 9.17) is 4.74 Å². The quantitative estimate of drug-likeness (QED) is 0.308. The third kappa shape index (κ3) is 4.94. The van der Waals surface area contributed by atoms with Crippen LogP contribution >= 0.6 is 0 Å². The van der Waals surface area contributed by atoms with Gasteiger partial charge in [0, 0.05) is 35.6 Å². The zero-order chi connectivity index (χ0) is 29.9. The molecule has 0 radical (unpaired) electrons. The lowest BCUT2D eigenvalue weighted by Crippen LogP contribution is -2.26. The smallest absolute Gasteiger partial charge is 0.387 e. The largest absolute Gasteiger partial charge is 0.431 e. The molecule has 5 aromatic rings. The monoisotopic (exact) mass is 583 g/mol. The van der Waals surface area contributed by atoms with Crippen LogP contribution < -0.4 is 4.74 Å². The van der Waals surface area contributed by atoms with Gasteiger partial charge in [-0.3, -0.25) is 4.90 Å². The number of hydrogen-bond donors (Lipinski definition) is 1. The minimum absolute atomic E-state index is 0.0585. The van der Waals surface area contributed by atoms with Gasteiger partial charge in [0.15, 0.2) is 23.2 Å². The van der Waals surface area contributed by atoms with Crippen LogP contribution in [0.5, 0.6) is 5.75 Å². The third-order valence-corrected chi connectivity index (χ3v) is 6.98. The molecule has 0 saturated heterocycles. The van der Waals surface area contributed by atoms with E-state index >= 15 is 8.78 Å². The van der Waals surface area contributed by atoms with Crippen molar-refractivity contribution in [3.05, 3.63) is 65.0 Å². The molecule has 1 aliphatic rings. The van der Waals surface area contributed by atoms with E-state index in [-0.39, 0.29) is 47.9 Å². The van der Waals surface area contributed by atoms with Gasteiger partial charge in [-0.1, -0.05) is 0 Å². The second-order valence-electron chi connectivity index (χ2n) is 10.6. The highest BCUT2D eigenvalue weighted by atomic mass is 19.3. The van der Waals surface area contributed by atoms with Crippen molar-refractivity contribution in [3.8, 4) is 28.3 Å². The van der Waals surface area contributed by atoms with Crippen molar-refractivity contribution in [1.82, 2.24) is 44.6 Å². The van der Waals surface area contributed by atoms with Crippen molar-refractivity contribution in [3.63, 3.8) is 0 Å².